The third kappa shape index (κ3) is 3.95. The molecule has 2 aliphatic rings. The lowest BCUT2D eigenvalue weighted by Gasteiger charge is -2.41. The molecule has 7 nitrogen and oxygen atoms in total. The third-order valence-electron chi connectivity index (χ3n) is 6.56. The van der Waals surface area contributed by atoms with Crippen LogP contribution in [-0.4, -0.2) is 56.1 Å². The molecule has 2 fully saturated rings. The van der Waals surface area contributed by atoms with Gasteiger partial charge in [0.2, 0.25) is 0 Å². The van der Waals surface area contributed by atoms with E-state index in [-0.39, 0.29) is 6.54 Å². The van der Waals surface area contributed by atoms with Crippen molar-refractivity contribution in [2.45, 2.75) is 55.8 Å². The number of nitrogens with one attached hydrogen (secondary N) is 1. The number of rotatable bonds is 6. The molecule has 32 heavy (non-hydrogen) atoms. The van der Waals surface area contributed by atoms with Gasteiger partial charge in [-0.1, -0.05) is 41.9 Å². The Kier molecular flexibility index (Phi) is 5.98. The molecule has 0 radical (unpaired) electrons. The summed E-state index contributed by atoms with van der Waals surface area (Å²) in [6.07, 6.45) is -0.935. The highest BCUT2D eigenvalue weighted by atomic mass is 35.5. The fourth-order valence-corrected chi connectivity index (χ4v) is 4.95. The van der Waals surface area contributed by atoms with Gasteiger partial charge < -0.3 is 29.8 Å². The molecule has 5 atom stereocenters. The van der Waals surface area contributed by atoms with E-state index < -0.39 is 30.6 Å². The smallest absolute Gasteiger partial charge is 0.163 e. The van der Waals surface area contributed by atoms with Crippen LogP contribution in [0.25, 0.3) is 10.9 Å². The maximum atomic E-state index is 10.7. The van der Waals surface area contributed by atoms with E-state index in [1.807, 2.05) is 29.9 Å². The SMILES string of the molecule is ONCC1OC(n2cc(Cc3ccc(C4CC4)cc3)c3c(Cl)cccc32)[C@H](O)[C@@H](O)[C@@H]1O. The molecule has 5 N–H and O–H groups in total. The van der Waals surface area contributed by atoms with E-state index in [1.165, 1.54) is 18.4 Å². The highest BCUT2D eigenvalue weighted by Crippen LogP contribution is 2.40. The topological polar surface area (TPSA) is 107 Å². The average molecular weight is 459 g/mol. The standard InChI is InChI=1S/C24H27ClN2O5/c25-17-2-1-3-18-20(17)16(10-13-4-6-14(7-5-13)15-8-9-15)12-27(18)24-23(30)22(29)21(28)19(32-24)11-26-31/h1-7,12,15,19,21-24,26,28-31H,8-11H2/t19?,21-,22+,23-,24?/m1/s1. The van der Waals surface area contributed by atoms with Gasteiger partial charge >= 0.3 is 0 Å². The molecule has 5 rings (SSSR count). The number of halogens is 1. The normalized spacial score (nSPS) is 28.3. The zero-order valence-corrected chi connectivity index (χ0v) is 18.2. The minimum absolute atomic E-state index is 0.0956. The minimum atomic E-state index is -1.43. The Morgan fingerprint density at radius 1 is 1.00 bits per heavy atom. The van der Waals surface area contributed by atoms with E-state index >= 15 is 0 Å². The van der Waals surface area contributed by atoms with Crippen molar-refractivity contribution in [1.29, 1.82) is 0 Å². The highest BCUT2D eigenvalue weighted by Gasteiger charge is 2.44. The Morgan fingerprint density at radius 3 is 2.44 bits per heavy atom. The Hall–Kier alpha value is -1.97. The van der Waals surface area contributed by atoms with E-state index in [0.29, 0.717) is 17.4 Å². The molecule has 3 aromatic rings. The molecule has 1 saturated heterocycles. The van der Waals surface area contributed by atoms with Crippen molar-refractivity contribution in [3.8, 4) is 0 Å². The number of nitrogens with zero attached hydrogens (tertiary/aromatic N) is 1. The van der Waals surface area contributed by atoms with Crippen LogP contribution in [0.3, 0.4) is 0 Å². The van der Waals surface area contributed by atoms with Gasteiger partial charge in [0.25, 0.3) is 0 Å². The number of aromatic nitrogens is 1. The average Bonchev–Trinajstić information content (AvgIpc) is 3.58. The van der Waals surface area contributed by atoms with E-state index in [0.717, 1.165) is 22.0 Å². The third-order valence-corrected chi connectivity index (χ3v) is 6.88. The van der Waals surface area contributed by atoms with Crippen LogP contribution in [0, 0.1) is 0 Å². The second-order valence-corrected chi connectivity index (χ2v) is 9.19. The van der Waals surface area contributed by atoms with E-state index in [9.17, 15) is 15.3 Å². The Labute approximate surface area is 190 Å². The summed E-state index contributed by atoms with van der Waals surface area (Å²) < 4.78 is 7.66. The molecular weight excluding hydrogens is 432 g/mol. The van der Waals surface area contributed by atoms with Gasteiger partial charge in [0.15, 0.2) is 6.23 Å². The summed E-state index contributed by atoms with van der Waals surface area (Å²) in [4.78, 5) is 0. The molecule has 2 aromatic carbocycles. The Bertz CT molecular complexity index is 1100. The molecule has 1 aliphatic carbocycles. The second-order valence-electron chi connectivity index (χ2n) is 8.79. The highest BCUT2D eigenvalue weighted by molar-refractivity contribution is 6.35. The predicted octanol–water partition coefficient (Wildman–Crippen LogP) is 2.72. The Balaban J connectivity index is 1.51. The van der Waals surface area contributed by atoms with Gasteiger partial charge in [-0.25, -0.2) is 5.48 Å². The lowest BCUT2D eigenvalue weighted by Crippen LogP contribution is -2.57. The van der Waals surface area contributed by atoms with Gasteiger partial charge in [-0.05, 0) is 54.0 Å². The number of hydrogen-bond donors (Lipinski definition) is 5. The summed E-state index contributed by atoms with van der Waals surface area (Å²) >= 11 is 6.57. The minimum Gasteiger partial charge on any atom is -0.388 e. The summed E-state index contributed by atoms with van der Waals surface area (Å²) in [7, 11) is 0. The summed E-state index contributed by atoms with van der Waals surface area (Å²) in [6.45, 7) is -0.0956. The van der Waals surface area contributed by atoms with Crippen molar-refractivity contribution < 1.29 is 25.3 Å². The first-order valence-electron chi connectivity index (χ1n) is 10.9. The number of benzene rings is 2. The second kappa shape index (κ2) is 8.76. The fourth-order valence-electron chi connectivity index (χ4n) is 4.66. The molecule has 0 spiro atoms. The van der Waals surface area contributed by atoms with Gasteiger partial charge in [0.05, 0.1) is 10.5 Å². The van der Waals surface area contributed by atoms with Crippen molar-refractivity contribution in [1.82, 2.24) is 10.0 Å². The Morgan fingerprint density at radius 2 is 1.75 bits per heavy atom. The largest absolute Gasteiger partial charge is 0.388 e. The molecule has 2 unspecified atom stereocenters. The van der Waals surface area contributed by atoms with E-state index in [1.54, 1.807) is 4.57 Å². The number of hydrogen-bond acceptors (Lipinski definition) is 6. The van der Waals surface area contributed by atoms with E-state index in [4.69, 9.17) is 21.5 Å². The van der Waals surface area contributed by atoms with Gasteiger partial charge in [-0.3, -0.25) is 0 Å². The molecule has 1 aliphatic heterocycles. The van der Waals surface area contributed by atoms with Crippen LogP contribution in [0.1, 0.15) is 41.7 Å². The van der Waals surface area contributed by atoms with Crippen LogP contribution in [0.15, 0.2) is 48.7 Å². The first-order valence-corrected chi connectivity index (χ1v) is 11.3. The van der Waals surface area contributed by atoms with Gasteiger partial charge in [0.1, 0.15) is 24.4 Å². The lowest BCUT2D eigenvalue weighted by atomic mass is 9.98. The van der Waals surface area contributed by atoms with Crippen LogP contribution < -0.4 is 5.48 Å². The maximum absolute atomic E-state index is 10.7. The molecule has 0 bridgehead atoms. The zero-order chi connectivity index (χ0) is 22.4. The number of aliphatic hydroxyl groups is 3. The summed E-state index contributed by atoms with van der Waals surface area (Å²) in [5, 5.41) is 41.8. The van der Waals surface area contributed by atoms with Crippen LogP contribution in [0.4, 0.5) is 0 Å². The van der Waals surface area contributed by atoms with Gasteiger partial charge in [-0.15, -0.1) is 0 Å². The summed E-state index contributed by atoms with van der Waals surface area (Å²) in [5.74, 6) is 0.702. The molecule has 170 valence electrons. The first kappa shape index (κ1) is 21.9. The van der Waals surface area contributed by atoms with Gasteiger partial charge in [0, 0.05) is 18.1 Å². The van der Waals surface area contributed by atoms with Crippen LogP contribution in [0.2, 0.25) is 5.02 Å². The summed E-state index contributed by atoms with van der Waals surface area (Å²) in [5.41, 5.74) is 6.22. The number of hydroxylamine groups is 1. The molecule has 1 saturated carbocycles. The number of fused-ring (bicyclic) bond motifs is 1. The van der Waals surface area contributed by atoms with Crippen LogP contribution in [0.5, 0.6) is 0 Å². The number of ether oxygens (including phenoxy) is 1. The molecule has 2 heterocycles. The van der Waals surface area contributed by atoms with Crippen LogP contribution >= 0.6 is 11.6 Å². The van der Waals surface area contributed by atoms with Gasteiger partial charge in [-0.2, -0.15) is 0 Å². The number of aliphatic hydroxyl groups excluding tert-OH is 3. The fraction of sp³-hybridized carbons (Fsp3) is 0.417. The van der Waals surface area contributed by atoms with Crippen LogP contribution in [-0.2, 0) is 11.2 Å². The van der Waals surface area contributed by atoms with E-state index in [2.05, 4.69) is 24.3 Å². The monoisotopic (exact) mass is 458 g/mol. The zero-order valence-electron chi connectivity index (χ0n) is 17.4. The van der Waals surface area contributed by atoms with Crippen molar-refractivity contribution in [2.24, 2.45) is 0 Å². The lowest BCUT2D eigenvalue weighted by molar-refractivity contribution is -0.245. The molecule has 1 aromatic heterocycles. The maximum Gasteiger partial charge on any atom is 0.163 e. The van der Waals surface area contributed by atoms with Crippen molar-refractivity contribution in [3.63, 3.8) is 0 Å². The van der Waals surface area contributed by atoms with Crippen molar-refractivity contribution >= 4 is 22.5 Å². The molecule has 0 amide bonds. The quantitative estimate of drug-likeness (QED) is 0.364. The molecular formula is C24H27ClN2O5. The predicted molar refractivity (Wildman–Crippen MR) is 120 cm³/mol. The van der Waals surface area contributed by atoms with Crippen molar-refractivity contribution in [3.05, 3.63) is 70.4 Å². The summed E-state index contributed by atoms with van der Waals surface area (Å²) in [6, 6.07) is 14.2. The molecule has 8 heteroatoms. The van der Waals surface area contributed by atoms with Crippen molar-refractivity contribution in [2.75, 3.05) is 6.54 Å². The first-order chi connectivity index (χ1) is 15.5.